The molecule has 0 bridgehead atoms. The number of likely N-dealkylation sites (tertiary alicyclic amines) is 1. The Labute approximate surface area is 110 Å². The van der Waals surface area contributed by atoms with Gasteiger partial charge < -0.3 is 10.2 Å². The lowest BCUT2D eigenvalue weighted by atomic mass is 10.0. The largest absolute Gasteiger partial charge is 0.341 e. The quantitative estimate of drug-likeness (QED) is 0.784. The van der Waals surface area contributed by atoms with Crippen molar-refractivity contribution in [3.05, 3.63) is 0 Å². The van der Waals surface area contributed by atoms with Gasteiger partial charge in [-0.2, -0.15) is 0 Å². The average molecular weight is 250 g/mol. The van der Waals surface area contributed by atoms with E-state index in [1.807, 2.05) is 0 Å². The van der Waals surface area contributed by atoms with E-state index in [1.54, 1.807) is 0 Å². The van der Waals surface area contributed by atoms with E-state index in [1.165, 1.54) is 51.4 Å². The first-order valence-corrected chi connectivity index (χ1v) is 7.88. The number of rotatable bonds is 6. The molecule has 1 amide bonds. The summed E-state index contributed by atoms with van der Waals surface area (Å²) in [5.74, 6) is 1.33. The van der Waals surface area contributed by atoms with Crippen LogP contribution in [0.1, 0.15) is 57.8 Å². The van der Waals surface area contributed by atoms with Crippen molar-refractivity contribution in [2.45, 2.75) is 69.9 Å². The maximum atomic E-state index is 12.2. The third-order valence-corrected chi connectivity index (χ3v) is 4.83. The van der Waals surface area contributed by atoms with E-state index >= 15 is 0 Å². The molecule has 2 saturated carbocycles. The Hall–Kier alpha value is -0.570. The Morgan fingerprint density at radius 3 is 2.61 bits per heavy atom. The number of hydrogen-bond donors (Lipinski definition) is 1. The second-order valence-corrected chi connectivity index (χ2v) is 6.40. The summed E-state index contributed by atoms with van der Waals surface area (Å²) < 4.78 is 0. The van der Waals surface area contributed by atoms with Crippen LogP contribution in [0.5, 0.6) is 0 Å². The summed E-state index contributed by atoms with van der Waals surface area (Å²) in [6.07, 6.45) is 11.8. The first kappa shape index (κ1) is 12.5. The van der Waals surface area contributed by atoms with Crippen LogP contribution in [-0.4, -0.2) is 36.0 Å². The Bertz CT molecular complexity index is 295. The second kappa shape index (κ2) is 5.60. The molecule has 3 nitrogen and oxygen atoms in total. The molecule has 0 radical (unpaired) electrons. The lowest BCUT2D eigenvalue weighted by Crippen LogP contribution is -2.39. The van der Waals surface area contributed by atoms with Gasteiger partial charge in [0.25, 0.3) is 0 Å². The number of nitrogens with one attached hydrogen (secondary N) is 1. The Morgan fingerprint density at radius 2 is 1.89 bits per heavy atom. The van der Waals surface area contributed by atoms with Gasteiger partial charge in [0, 0.05) is 19.1 Å². The van der Waals surface area contributed by atoms with E-state index in [0.717, 1.165) is 25.4 Å². The van der Waals surface area contributed by atoms with Gasteiger partial charge in [-0.05, 0) is 38.0 Å². The summed E-state index contributed by atoms with van der Waals surface area (Å²) in [4.78, 5) is 14.3. The van der Waals surface area contributed by atoms with Crippen LogP contribution in [0.4, 0.5) is 0 Å². The average Bonchev–Trinajstić information content (AvgIpc) is 2.91. The molecule has 1 aliphatic heterocycles. The maximum absolute atomic E-state index is 12.2. The highest BCUT2D eigenvalue weighted by atomic mass is 16.2. The molecule has 1 unspecified atom stereocenters. The summed E-state index contributed by atoms with van der Waals surface area (Å²) >= 11 is 0. The predicted octanol–water partition coefficient (Wildman–Crippen LogP) is 2.31. The normalized spacial score (nSPS) is 29.4. The van der Waals surface area contributed by atoms with Gasteiger partial charge in [0.05, 0.1) is 6.04 Å². The molecular weight excluding hydrogens is 224 g/mol. The minimum atomic E-state index is 0.143. The van der Waals surface area contributed by atoms with Crippen LogP contribution in [0.25, 0.3) is 0 Å². The van der Waals surface area contributed by atoms with Crippen LogP contribution < -0.4 is 5.32 Å². The molecule has 2 aliphatic carbocycles. The third kappa shape index (κ3) is 3.05. The van der Waals surface area contributed by atoms with E-state index in [0.29, 0.717) is 11.9 Å². The highest BCUT2D eigenvalue weighted by Crippen LogP contribution is 2.29. The number of amides is 1. The molecule has 0 aromatic rings. The van der Waals surface area contributed by atoms with Gasteiger partial charge in [0.1, 0.15) is 0 Å². The van der Waals surface area contributed by atoms with Gasteiger partial charge in [-0.1, -0.05) is 25.7 Å². The van der Waals surface area contributed by atoms with E-state index in [-0.39, 0.29) is 6.04 Å². The number of carbonyl (C=O) groups is 1. The molecule has 1 N–H and O–H groups in total. The van der Waals surface area contributed by atoms with Gasteiger partial charge in [-0.25, -0.2) is 0 Å². The summed E-state index contributed by atoms with van der Waals surface area (Å²) in [7, 11) is 0. The van der Waals surface area contributed by atoms with E-state index in [4.69, 9.17) is 0 Å². The van der Waals surface area contributed by atoms with Crippen molar-refractivity contribution in [2.24, 2.45) is 5.92 Å². The SMILES string of the molecule is O=C1C(NC2CC2)CCN1CCCC1CCCC1. The molecule has 18 heavy (non-hydrogen) atoms. The molecule has 1 atom stereocenters. The zero-order valence-electron chi connectivity index (χ0n) is 11.4. The van der Waals surface area contributed by atoms with Crippen LogP contribution in [0.2, 0.25) is 0 Å². The van der Waals surface area contributed by atoms with Crippen LogP contribution in [0.15, 0.2) is 0 Å². The van der Waals surface area contributed by atoms with Crippen molar-refractivity contribution >= 4 is 5.91 Å². The van der Waals surface area contributed by atoms with E-state index < -0.39 is 0 Å². The summed E-state index contributed by atoms with van der Waals surface area (Å²) in [5.41, 5.74) is 0. The molecule has 102 valence electrons. The molecule has 3 aliphatic rings. The van der Waals surface area contributed by atoms with Gasteiger partial charge in [-0.3, -0.25) is 4.79 Å². The zero-order chi connectivity index (χ0) is 12.4. The Morgan fingerprint density at radius 1 is 1.11 bits per heavy atom. The smallest absolute Gasteiger partial charge is 0.239 e. The highest BCUT2D eigenvalue weighted by Gasteiger charge is 2.35. The van der Waals surface area contributed by atoms with Crippen molar-refractivity contribution in [3.8, 4) is 0 Å². The molecule has 0 spiro atoms. The molecule has 1 heterocycles. The summed E-state index contributed by atoms with van der Waals surface area (Å²) in [6.45, 7) is 1.98. The fraction of sp³-hybridized carbons (Fsp3) is 0.933. The van der Waals surface area contributed by atoms with Crippen molar-refractivity contribution in [1.82, 2.24) is 10.2 Å². The summed E-state index contributed by atoms with van der Waals surface area (Å²) in [6, 6.07) is 0.793. The van der Waals surface area contributed by atoms with Gasteiger partial charge in [0.2, 0.25) is 5.91 Å². The van der Waals surface area contributed by atoms with E-state index in [9.17, 15) is 4.79 Å². The van der Waals surface area contributed by atoms with Crippen LogP contribution >= 0.6 is 0 Å². The molecule has 3 rings (SSSR count). The number of hydrogen-bond acceptors (Lipinski definition) is 2. The lowest BCUT2D eigenvalue weighted by Gasteiger charge is -2.18. The second-order valence-electron chi connectivity index (χ2n) is 6.40. The maximum Gasteiger partial charge on any atom is 0.239 e. The monoisotopic (exact) mass is 250 g/mol. The zero-order valence-corrected chi connectivity index (χ0v) is 11.4. The van der Waals surface area contributed by atoms with Crippen molar-refractivity contribution in [1.29, 1.82) is 0 Å². The standard InChI is InChI=1S/C15H26N2O/c18-15-14(16-13-7-8-13)9-11-17(15)10-3-6-12-4-1-2-5-12/h12-14,16H,1-11H2. The van der Waals surface area contributed by atoms with Crippen LogP contribution in [-0.2, 0) is 4.79 Å². The van der Waals surface area contributed by atoms with Gasteiger partial charge in [0.15, 0.2) is 0 Å². The van der Waals surface area contributed by atoms with Crippen LogP contribution in [0, 0.1) is 5.92 Å². The molecular formula is C15H26N2O. The molecule has 1 saturated heterocycles. The summed E-state index contributed by atoms with van der Waals surface area (Å²) in [5, 5.41) is 3.47. The molecule has 3 heteroatoms. The fourth-order valence-corrected chi connectivity index (χ4v) is 3.52. The van der Waals surface area contributed by atoms with Gasteiger partial charge >= 0.3 is 0 Å². The van der Waals surface area contributed by atoms with Crippen molar-refractivity contribution in [3.63, 3.8) is 0 Å². The van der Waals surface area contributed by atoms with Crippen LogP contribution in [0.3, 0.4) is 0 Å². The topological polar surface area (TPSA) is 32.3 Å². The minimum absolute atomic E-state index is 0.143. The van der Waals surface area contributed by atoms with E-state index in [2.05, 4.69) is 10.2 Å². The first-order valence-electron chi connectivity index (χ1n) is 7.88. The Balaban J connectivity index is 1.36. The van der Waals surface area contributed by atoms with Gasteiger partial charge in [-0.15, -0.1) is 0 Å². The predicted molar refractivity (Wildman–Crippen MR) is 72.3 cm³/mol. The fourth-order valence-electron chi connectivity index (χ4n) is 3.52. The lowest BCUT2D eigenvalue weighted by molar-refractivity contribution is -0.129. The third-order valence-electron chi connectivity index (χ3n) is 4.83. The van der Waals surface area contributed by atoms with Crippen molar-refractivity contribution in [2.75, 3.05) is 13.1 Å². The highest BCUT2D eigenvalue weighted by molar-refractivity contribution is 5.84. The number of nitrogens with zero attached hydrogens (tertiary/aromatic N) is 1. The first-order chi connectivity index (χ1) is 8.83. The minimum Gasteiger partial charge on any atom is -0.341 e. The molecule has 0 aromatic heterocycles. The molecule has 0 aromatic carbocycles. The molecule has 3 fully saturated rings. The number of carbonyl (C=O) groups excluding carboxylic acids is 1. The Kier molecular flexibility index (Phi) is 3.88. The van der Waals surface area contributed by atoms with Crippen molar-refractivity contribution < 1.29 is 4.79 Å².